The Hall–Kier alpha value is -1.75. The van der Waals surface area contributed by atoms with Crippen LogP contribution in [0.2, 0.25) is 0 Å². The van der Waals surface area contributed by atoms with Crippen LogP contribution in [0.15, 0.2) is 51.0 Å². The number of rotatable bonds is 3. The Kier molecular flexibility index (Phi) is 4.29. The average molecular weight is 302 g/mol. The van der Waals surface area contributed by atoms with Crippen molar-refractivity contribution in [2.75, 3.05) is 0 Å². The van der Waals surface area contributed by atoms with Gasteiger partial charge in [-0.2, -0.15) is 0 Å². The lowest BCUT2D eigenvalue weighted by Crippen LogP contribution is -2.34. The number of hydrogen-bond donors (Lipinski definition) is 1. The molecule has 5 heteroatoms. The maximum absolute atomic E-state index is 12.6. The van der Waals surface area contributed by atoms with Crippen LogP contribution in [-0.2, 0) is 0 Å². The molecule has 0 spiro atoms. The van der Waals surface area contributed by atoms with Crippen LogP contribution < -0.4 is 11.2 Å². The maximum Gasteiger partial charge on any atom is 0.333 e. The Bertz CT molecular complexity index is 715. The van der Waals surface area contributed by atoms with Gasteiger partial charge >= 0.3 is 5.69 Å². The highest BCUT2D eigenvalue weighted by Crippen LogP contribution is 2.31. The predicted molar refractivity (Wildman–Crippen MR) is 85.4 cm³/mol. The Balaban J connectivity index is 1.96. The number of hydrogen-bond acceptors (Lipinski definition) is 3. The van der Waals surface area contributed by atoms with Crippen LogP contribution >= 0.6 is 11.8 Å². The molecule has 110 valence electrons. The highest BCUT2D eigenvalue weighted by Gasteiger charge is 2.18. The largest absolute Gasteiger partial charge is 0.333 e. The third kappa shape index (κ3) is 3.13. The minimum Gasteiger partial charge on any atom is -0.312 e. The summed E-state index contributed by atoms with van der Waals surface area (Å²) >= 11 is 1.61. The molecule has 0 unspecified atom stereocenters. The van der Waals surface area contributed by atoms with Crippen LogP contribution in [0.3, 0.4) is 0 Å². The molecule has 1 aliphatic rings. The summed E-state index contributed by atoms with van der Waals surface area (Å²) in [5, 5.41) is 0.488. The van der Waals surface area contributed by atoms with E-state index in [2.05, 4.69) is 4.98 Å². The average Bonchev–Trinajstić information content (AvgIpc) is 2.52. The fourth-order valence-corrected chi connectivity index (χ4v) is 3.96. The summed E-state index contributed by atoms with van der Waals surface area (Å²) in [4.78, 5) is 27.9. The van der Waals surface area contributed by atoms with Gasteiger partial charge in [0.25, 0.3) is 5.56 Å². The first-order valence-corrected chi connectivity index (χ1v) is 8.20. The van der Waals surface area contributed by atoms with Gasteiger partial charge in [0.15, 0.2) is 0 Å². The highest BCUT2D eigenvalue weighted by molar-refractivity contribution is 8.00. The summed E-state index contributed by atoms with van der Waals surface area (Å²) in [6.07, 6.45) is 7.60. The molecular formula is C16H18N2O2S. The van der Waals surface area contributed by atoms with Crippen LogP contribution in [0.5, 0.6) is 0 Å². The van der Waals surface area contributed by atoms with E-state index < -0.39 is 0 Å². The van der Waals surface area contributed by atoms with E-state index in [9.17, 15) is 9.59 Å². The third-order valence-electron chi connectivity index (χ3n) is 3.80. The van der Waals surface area contributed by atoms with E-state index in [0.29, 0.717) is 15.8 Å². The number of nitrogens with one attached hydrogen (secondary N) is 1. The second kappa shape index (κ2) is 6.35. The Labute approximate surface area is 127 Å². The molecule has 0 amide bonds. The Morgan fingerprint density at radius 2 is 1.76 bits per heavy atom. The number of thioether (sulfide) groups is 1. The quantitative estimate of drug-likeness (QED) is 0.948. The molecule has 0 bridgehead atoms. The molecular weight excluding hydrogens is 284 g/mol. The highest BCUT2D eigenvalue weighted by atomic mass is 32.2. The number of aromatic nitrogens is 2. The fourth-order valence-electron chi connectivity index (χ4n) is 2.71. The second-order valence-corrected chi connectivity index (χ2v) is 6.65. The predicted octanol–water partition coefficient (Wildman–Crippen LogP) is 2.95. The van der Waals surface area contributed by atoms with Crippen molar-refractivity contribution in [3.8, 4) is 5.69 Å². The van der Waals surface area contributed by atoms with Crippen molar-refractivity contribution in [3.63, 3.8) is 0 Å². The lowest BCUT2D eigenvalue weighted by atomic mass is 10.0. The molecule has 1 saturated carbocycles. The zero-order chi connectivity index (χ0) is 14.7. The first-order chi connectivity index (χ1) is 10.3. The van der Waals surface area contributed by atoms with E-state index in [1.807, 2.05) is 18.2 Å². The number of aromatic amines is 1. The van der Waals surface area contributed by atoms with Gasteiger partial charge in [0.05, 0.1) is 10.6 Å². The van der Waals surface area contributed by atoms with Crippen molar-refractivity contribution in [1.29, 1.82) is 0 Å². The summed E-state index contributed by atoms with van der Waals surface area (Å²) in [7, 11) is 0. The van der Waals surface area contributed by atoms with Crippen molar-refractivity contribution in [2.45, 2.75) is 42.2 Å². The van der Waals surface area contributed by atoms with Gasteiger partial charge in [0.1, 0.15) is 0 Å². The zero-order valence-electron chi connectivity index (χ0n) is 11.7. The summed E-state index contributed by atoms with van der Waals surface area (Å²) in [5.74, 6) is 0. The topological polar surface area (TPSA) is 54.9 Å². The van der Waals surface area contributed by atoms with Crippen molar-refractivity contribution in [3.05, 3.63) is 57.4 Å². The minimum absolute atomic E-state index is 0.222. The number of benzene rings is 1. The number of para-hydroxylation sites is 1. The van der Waals surface area contributed by atoms with Gasteiger partial charge in [0, 0.05) is 11.4 Å². The number of nitrogens with zero attached hydrogens (tertiary/aromatic N) is 1. The van der Waals surface area contributed by atoms with E-state index in [4.69, 9.17) is 0 Å². The lowest BCUT2D eigenvalue weighted by Gasteiger charge is -2.20. The van der Waals surface area contributed by atoms with E-state index in [1.54, 1.807) is 30.1 Å². The molecule has 1 N–H and O–H groups in total. The second-order valence-electron chi connectivity index (χ2n) is 5.31. The molecule has 1 aromatic heterocycles. The molecule has 4 nitrogen and oxygen atoms in total. The first-order valence-electron chi connectivity index (χ1n) is 7.32. The van der Waals surface area contributed by atoms with Gasteiger partial charge in [-0.15, -0.1) is 11.8 Å². The van der Waals surface area contributed by atoms with Crippen molar-refractivity contribution < 1.29 is 0 Å². The summed E-state index contributed by atoms with van der Waals surface area (Å²) in [6, 6.07) is 9.05. The van der Waals surface area contributed by atoms with Gasteiger partial charge in [-0.05, 0) is 25.0 Å². The monoisotopic (exact) mass is 302 g/mol. The zero-order valence-corrected chi connectivity index (χ0v) is 12.6. The van der Waals surface area contributed by atoms with Crippen molar-refractivity contribution in [2.24, 2.45) is 0 Å². The molecule has 0 atom stereocenters. The summed E-state index contributed by atoms with van der Waals surface area (Å²) in [5.41, 5.74) is -0.00504. The van der Waals surface area contributed by atoms with Crippen molar-refractivity contribution >= 4 is 11.8 Å². The van der Waals surface area contributed by atoms with Crippen LogP contribution in [0, 0.1) is 0 Å². The van der Waals surface area contributed by atoms with Crippen LogP contribution in [0.1, 0.15) is 32.1 Å². The fraction of sp³-hybridized carbons (Fsp3) is 0.375. The standard InChI is InChI=1S/C16H18N2O2S/c19-15-14(21-13-9-5-2-6-10-13)11-17-16(20)18(15)12-7-3-1-4-8-12/h1,3-4,7-8,11,13H,2,5-6,9-10H2,(H,17,20). The molecule has 1 fully saturated rings. The summed E-state index contributed by atoms with van der Waals surface area (Å²) < 4.78 is 1.21. The Morgan fingerprint density at radius 3 is 2.48 bits per heavy atom. The first kappa shape index (κ1) is 14.2. The lowest BCUT2D eigenvalue weighted by molar-refractivity contribution is 0.516. The molecule has 1 aliphatic carbocycles. The van der Waals surface area contributed by atoms with Gasteiger partial charge < -0.3 is 4.98 Å². The SMILES string of the molecule is O=c1[nH]cc(SC2CCCCC2)c(=O)n1-c1ccccc1. The molecule has 3 rings (SSSR count). The normalized spacial score (nSPS) is 16.0. The summed E-state index contributed by atoms with van der Waals surface area (Å²) in [6.45, 7) is 0. The van der Waals surface area contributed by atoms with Gasteiger partial charge in [-0.25, -0.2) is 9.36 Å². The van der Waals surface area contributed by atoms with Gasteiger partial charge in [-0.1, -0.05) is 37.5 Å². The molecule has 1 aromatic carbocycles. The van der Waals surface area contributed by atoms with Crippen LogP contribution in [0.25, 0.3) is 5.69 Å². The van der Waals surface area contributed by atoms with E-state index in [-0.39, 0.29) is 11.2 Å². The number of H-pyrrole nitrogens is 1. The van der Waals surface area contributed by atoms with E-state index >= 15 is 0 Å². The maximum atomic E-state index is 12.6. The molecule has 0 saturated heterocycles. The van der Waals surface area contributed by atoms with Gasteiger partial charge in [-0.3, -0.25) is 4.79 Å². The molecule has 1 heterocycles. The smallest absolute Gasteiger partial charge is 0.312 e. The molecule has 0 aliphatic heterocycles. The van der Waals surface area contributed by atoms with Gasteiger partial charge in [0.2, 0.25) is 0 Å². The van der Waals surface area contributed by atoms with Crippen LogP contribution in [0.4, 0.5) is 0 Å². The van der Waals surface area contributed by atoms with E-state index in [1.165, 1.54) is 23.8 Å². The van der Waals surface area contributed by atoms with E-state index in [0.717, 1.165) is 12.8 Å². The third-order valence-corrected chi connectivity index (χ3v) is 5.16. The molecule has 0 radical (unpaired) electrons. The minimum atomic E-state index is -0.390. The molecule has 2 aromatic rings. The van der Waals surface area contributed by atoms with Crippen LogP contribution in [-0.4, -0.2) is 14.8 Å². The Morgan fingerprint density at radius 1 is 1.05 bits per heavy atom. The van der Waals surface area contributed by atoms with Crippen molar-refractivity contribution in [1.82, 2.24) is 9.55 Å². The molecule has 21 heavy (non-hydrogen) atoms.